The molecule has 0 fully saturated rings. The van der Waals surface area contributed by atoms with Crippen molar-refractivity contribution >= 4 is 0 Å². The van der Waals surface area contributed by atoms with Crippen LogP contribution in [-0.4, -0.2) is 12.2 Å². The monoisotopic (exact) mass is 208 g/mol. The van der Waals surface area contributed by atoms with E-state index in [0.717, 1.165) is 19.3 Å². The molecule has 0 amide bonds. The SMILES string of the molecule is C#CC(CC)O[C@H](CC=C)CCCCC. The van der Waals surface area contributed by atoms with Crippen molar-refractivity contribution in [3.05, 3.63) is 12.7 Å². The zero-order chi connectivity index (χ0) is 11.5. The minimum Gasteiger partial charge on any atom is -0.362 e. The van der Waals surface area contributed by atoms with Crippen molar-refractivity contribution in [1.82, 2.24) is 0 Å². The first-order valence-corrected chi connectivity index (χ1v) is 6.00. The molecule has 0 aromatic rings. The van der Waals surface area contributed by atoms with Crippen LogP contribution in [0.15, 0.2) is 12.7 Å². The molecular formula is C14H24O. The Balaban J connectivity index is 3.91. The van der Waals surface area contributed by atoms with Crippen molar-refractivity contribution in [3.8, 4) is 12.3 Å². The van der Waals surface area contributed by atoms with Crippen LogP contribution >= 0.6 is 0 Å². The Bertz CT molecular complexity index is 190. The molecule has 0 aliphatic carbocycles. The third kappa shape index (κ3) is 7.22. The van der Waals surface area contributed by atoms with Gasteiger partial charge in [-0.3, -0.25) is 0 Å². The Morgan fingerprint density at radius 1 is 1.40 bits per heavy atom. The van der Waals surface area contributed by atoms with Gasteiger partial charge in [0, 0.05) is 0 Å². The molecule has 0 saturated heterocycles. The standard InChI is InChI=1S/C14H24O/c1-5-9-10-12-14(11-6-2)15-13(7-3)8-4/h3,6,13-14H,2,5,8-12H2,1,4H3/t13?,14-/m1/s1. The average Bonchev–Trinajstić information content (AvgIpc) is 2.26. The lowest BCUT2D eigenvalue weighted by atomic mass is 10.1. The van der Waals surface area contributed by atoms with E-state index in [1.807, 2.05) is 6.08 Å². The van der Waals surface area contributed by atoms with E-state index < -0.39 is 0 Å². The Labute approximate surface area is 94.9 Å². The van der Waals surface area contributed by atoms with Gasteiger partial charge in [-0.2, -0.15) is 0 Å². The minimum atomic E-state index is -0.0309. The fraction of sp³-hybridized carbons (Fsp3) is 0.714. The summed E-state index contributed by atoms with van der Waals surface area (Å²) in [4.78, 5) is 0. The van der Waals surface area contributed by atoms with Crippen molar-refractivity contribution in [3.63, 3.8) is 0 Å². The summed E-state index contributed by atoms with van der Waals surface area (Å²) in [6.07, 6.45) is 14.1. The van der Waals surface area contributed by atoms with E-state index in [0.29, 0.717) is 0 Å². The first-order valence-electron chi connectivity index (χ1n) is 6.00. The quantitative estimate of drug-likeness (QED) is 0.317. The van der Waals surface area contributed by atoms with E-state index >= 15 is 0 Å². The summed E-state index contributed by atoms with van der Waals surface area (Å²) in [5, 5.41) is 0. The second-order valence-corrected chi connectivity index (χ2v) is 3.84. The van der Waals surface area contributed by atoms with Gasteiger partial charge >= 0.3 is 0 Å². The van der Waals surface area contributed by atoms with Gasteiger partial charge in [-0.25, -0.2) is 0 Å². The van der Waals surface area contributed by atoms with E-state index in [9.17, 15) is 0 Å². The van der Waals surface area contributed by atoms with E-state index in [4.69, 9.17) is 11.2 Å². The molecular weight excluding hydrogens is 184 g/mol. The van der Waals surface area contributed by atoms with Gasteiger partial charge in [0.2, 0.25) is 0 Å². The highest BCUT2D eigenvalue weighted by Gasteiger charge is 2.11. The van der Waals surface area contributed by atoms with Gasteiger partial charge < -0.3 is 4.74 Å². The third-order valence-electron chi connectivity index (χ3n) is 2.47. The Hall–Kier alpha value is -0.740. The third-order valence-corrected chi connectivity index (χ3v) is 2.47. The molecule has 0 N–H and O–H groups in total. The molecule has 0 aromatic carbocycles. The highest BCUT2D eigenvalue weighted by atomic mass is 16.5. The lowest BCUT2D eigenvalue weighted by molar-refractivity contribution is 0.0125. The molecule has 0 rings (SSSR count). The molecule has 15 heavy (non-hydrogen) atoms. The van der Waals surface area contributed by atoms with Gasteiger partial charge in [0.25, 0.3) is 0 Å². The molecule has 2 atom stereocenters. The Morgan fingerprint density at radius 3 is 2.60 bits per heavy atom. The summed E-state index contributed by atoms with van der Waals surface area (Å²) < 4.78 is 5.83. The second kappa shape index (κ2) is 9.80. The van der Waals surface area contributed by atoms with E-state index in [2.05, 4.69) is 26.3 Å². The first kappa shape index (κ1) is 14.3. The van der Waals surface area contributed by atoms with Gasteiger partial charge in [0.05, 0.1) is 6.10 Å². The second-order valence-electron chi connectivity index (χ2n) is 3.84. The summed E-state index contributed by atoms with van der Waals surface area (Å²) in [5.41, 5.74) is 0. The van der Waals surface area contributed by atoms with E-state index in [1.165, 1.54) is 19.3 Å². The fourth-order valence-electron chi connectivity index (χ4n) is 1.54. The first-order chi connectivity index (χ1) is 7.28. The summed E-state index contributed by atoms with van der Waals surface area (Å²) in [6.45, 7) is 8.02. The zero-order valence-corrected chi connectivity index (χ0v) is 10.2. The number of hydrogen-bond donors (Lipinski definition) is 0. The largest absolute Gasteiger partial charge is 0.362 e. The lowest BCUT2D eigenvalue weighted by Crippen LogP contribution is -2.20. The van der Waals surface area contributed by atoms with Crippen LogP contribution in [-0.2, 0) is 4.74 Å². The molecule has 0 heterocycles. The molecule has 0 aliphatic rings. The predicted octanol–water partition coefficient (Wildman–Crippen LogP) is 3.94. The maximum Gasteiger partial charge on any atom is 0.118 e. The number of ether oxygens (including phenoxy) is 1. The van der Waals surface area contributed by atoms with Crippen LogP contribution in [0, 0.1) is 12.3 Å². The van der Waals surface area contributed by atoms with Crippen molar-refractivity contribution in [2.75, 3.05) is 0 Å². The Morgan fingerprint density at radius 2 is 2.13 bits per heavy atom. The van der Waals surface area contributed by atoms with Crippen molar-refractivity contribution in [2.45, 2.75) is 64.6 Å². The summed E-state index contributed by atoms with van der Waals surface area (Å²) in [5.74, 6) is 2.67. The van der Waals surface area contributed by atoms with Crippen LogP contribution < -0.4 is 0 Å². The molecule has 0 aliphatic heterocycles. The van der Waals surface area contributed by atoms with Crippen LogP contribution in [0.1, 0.15) is 52.4 Å². The molecule has 0 aromatic heterocycles. The number of rotatable bonds is 9. The van der Waals surface area contributed by atoms with Gasteiger partial charge in [0.1, 0.15) is 6.10 Å². The Kier molecular flexibility index (Phi) is 9.32. The highest BCUT2D eigenvalue weighted by Crippen LogP contribution is 2.14. The van der Waals surface area contributed by atoms with Gasteiger partial charge in [-0.05, 0) is 19.3 Å². The fourth-order valence-corrected chi connectivity index (χ4v) is 1.54. The van der Waals surface area contributed by atoms with Crippen LogP contribution in [0.5, 0.6) is 0 Å². The molecule has 1 heteroatoms. The van der Waals surface area contributed by atoms with Gasteiger partial charge in [0.15, 0.2) is 0 Å². The number of terminal acetylenes is 1. The molecule has 0 bridgehead atoms. The maximum absolute atomic E-state index is 5.83. The average molecular weight is 208 g/mol. The van der Waals surface area contributed by atoms with Crippen molar-refractivity contribution < 1.29 is 4.74 Å². The smallest absolute Gasteiger partial charge is 0.118 e. The minimum absolute atomic E-state index is 0.0309. The van der Waals surface area contributed by atoms with Crippen LogP contribution in [0.2, 0.25) is 0 Å². The molecule has 0 saturated carbocycles. The normalized spacial score (nSPS) is 14.2. The summed E-state index contributed by atoms with van der Waals surface area (Å²) in [6, 6.07) is 0. The highest BCUT2D eigenvalue weighted by molar-refractivity contribution is 4.94. The lowest BCUT2D eigenvalue weighted by Gasteiger charge is -2.19. The number of hydrogen-bond acceptors (Lipinski definition) is 1. The molecule has 0 spiro atoms. The van der Waals surface area contributed by atoms with Crippen LogP contribution in [0.25, 0.3) is 0 Å². The predicted molar refractivity (Wildman–Crippen MR) is 66.7 cm³/mol. The van der Waals surface area contributed by atoms with Crippen molar-refractivity contribution in [2.24, 2.45) is 0 Å². The molecule has 86 valence electrons. The van der Waals surface area contributed by atoms with Gasteiger partial charge in [-0.1, -0.05) is 45.1 Å². The van der Waals surface area contributed by atoms with Crippen LogP contribution in [0.4, 0.5) is 0 Å². The maximum atomic E-state index is 5.83. The van der Waals surface area contributed by atoms with E-state index in [1.54, 1.807) is 0 Å². The number of unbranched alkanes of at least 4 members (excludes halogenated alkanes) is 2. The molecule has 0 radical (unpaired) electrons. The zero-order valence-electron chi connectivity index (χ0n) is 10.2. The van der Waals surface area contributed by atoms with Gasteiger partial charge in [-0.15, -0.1) is 13.0 Å². The topological polar surface area (TPSA) is 9.23 Å². The molecule has 1 unspecified atom stereocenters. The summed E-state index contributed by atoms with van der Waals surface area (Å²) in [7, 11) is 0. The van der Waals surface area contributed by atoms with E-state index in [-0.39, 0.29) is 12.2 Å². The van der Waals surface area contributed by atoms with Crippen LogP contribution in [0.3, 0.4) is 0 Å². The van der Waals surface area contributed by atoms with Crippen molar-refractivity contribution in [1.29, 1.82) is 0 Å². The molecule has 1 nitrogen and oxygen atoms in total. The summed E-state index contributed by atoms with van der Waals surface area (Å²) >= 11 is 0.